The van der Waals surface area contributed by atoms with Gasteiger partial charge >= 0.3 is 6.18 Å². The topological polar surface area (TPSA) is 75.2 Å². The molecule has 6 nitrogen and oxygen atoms in total. The molecule has 0 radical (unpaired) electrons. The Morgan fingerprint density at radius 3 is 2.57 bits per heavy atom. The van der Waals surface area contributed by atoms with Crippen molar-refractivity contribution in [1.29, 1.82) is 0 Å². The third-order valence-corrected chi connectivity index (χ3v) is 6.10. The van der Waals surface area contributed by atoms with Gasteiger partial charge < -0.3 is 5.32 Å². The maximum absolute atomic E-state index is 13.1. The summed E-state index contributed by atoms with van der Waals surface area (Å²) in [6.45, 7) is 3.03. The number of carbonyl (C=O) groups is 2. The van der Waals surface area contributed by atoms with Crippen LogP contribution in [0.1, 0.15) is 32.3 Å². The summed E-state index contributed by atoms with van der Waals surface area (Å²) >= 11 is 2.26. The number of halogens is 3. The fraction of sp³-hybridized carbons (Fsp3) is 0.412. The lowest BCUT2D eigenvalue weighted by Crippen LogP contribution is -2.30. The molecule has 28 heavy (non-hydrogen) atoms. The van der Waals surface area contributed by atoms with Crippen LogP contribution < -0.4 is 10.2 Å². The molecule has 1 fully saturated rings. The number of benzene rings is 1. The lowest BCUT2D eigenvalue weighted by atomic mass is 10.1. The first-order valence-electron chi connectivity index (χ1n) is 8.44. The van der Waals surface area contributed by atoms with E-state index in [1.165, 1.54) is 36.5 Å². The van der Waals surface area contributed by atoms with Crippen LogP contribution in [-0.2, 0) is 15.8 Å². The molecule has 2 amide bonds. The Kier molecular flexibility index (Phi) is 5.94. The van der Waals surface area contributed by atoms with Gasteiger partial charge in [0.15, 0.2) is 4.34 Å². The van der Waals surface area contributed by atoms with Gasteiger partial charge in [0.05, 0.1) is 16.5 Å². The minimum atomic E-state index is -4.56. The van der Waals surface area contributed by atoms with E-state index in [-0.39, 0.29) is 17.6 Å². The zero-order chi connectivity index (χ0) is 20.5. The van der Waals surface area contributed by atoms with Gasteiger partial charge in [-0.05, 0) is 31.9 Å². The SMILES string of the molecule is CC(=O)N(c1nnc(SC(C)C(=O)Nc2ccccc2C(F)(F)F)s1)C1CC1. The highest BCUT2D eigenvalue weighted by molar-refractivity contribution is 8.02. The summed E-state index contributed by atoms with van der Waals surface area (Å²) in [6.07, 6.45) is -2.73. The van der Waals surface area contributed by atoms with Crippen molar-refractivity contribution < 1.29 is 22.8 Å². The minimum absolute atomic E-state index is 0.121. The van der Waals surface area contributed by atoms with Crippen LogP contribution in [0.5, 0.6) is 0 Å². The van der Waals surface area contributed by atoms with E-state index >= 15 is 0 Å². The van der Waals surface area contributed by atoms with Crippen LogP contribution in [0.2, 0.25) is 0 Å². The van der Waals surface area contributed by atoms with Crippen molar-refractivity contribution in [1.82, 2.24) is 10.2 Å². The molecule has 1 unspecified atom stereocenters. The molecule has 1 heterocycles. The first-order chi connectivity index (χ1) is 13.2. The van der Waals surface area contributed by atoms with Gasteiger partial charge in [0.25, 0.3) is 0 Å². The number of aromatic nitrogens is 2. The predicted molar refractivity (Wildman–Crippen MR) is 101 cm³/mol. The van der Waals surface area contributed by atoms with Crippen LogP contribution in [0, 0.1) is 0 Å². The zero-order valence-electron chi connectivity index (χ0n) is 15.0. The van der Waals surface area contributed by atoms with Gasteiger partial charge in [-0.15, -0.1) is 10.2 Å². The molecule has 1 atom stereocenters. The Morgan fingerprint density at radius 2 is 1.96 bits per heavy atom. The molecule has 1 aliphatic carbocycles. The number of para-hydroxylation sites is 1. The number of anilines is 2. The van der Waals surface area contributed by atoms with Crippen LogP contribution in [-0.4, -0.2) is 33.3 Å². The Morgan fingerprint density at radius 1 is 1.29 bits per heavy atom. The van der Waals surface area contributed by atoms with E-state index in [2.05, 4.69) is 15.5 Å². The molecule has 0 aliphatic heterocycles. The summed E-state index contributed by atoms with van der Waals surface area (Å²) in [7, 11) is 0. The normalized spacial score (nSPS) is 15.2. The molecule has 1 aromatic heterocycles. The quantitative estimate of drug-likeness (QED) is 0.549. The van der Waals surface area contributed by atoms with Gasteiger partial charge in [-0.1, -0.05) is 35.2 Å². The maximum Gasteiger partial charge on any atom is 0.418 e. The van der Waals surface area contributed by atoms with Crippen LogP contribution >= 0.6 is 23.1 Å². The second-order valence-electron chi connectivity index (χ2n) is 6.26. The molecule has 0 spiro atoms. The summed E-state index contributed by atoms with van der Waals surface area (Å²) in [5, 5.41) is 10.1. The van der Waals surface area contributed by atoms with E-state index in [9.17, 15) is 22.8 Å². The van der Waals surface area contributed by atoms with Gasteiger partial charge in [0.1, 0.15) is 0 Å². The predicted octanol–water partition coefficient (Wildman–Crippen LogP) is 4.19. The molecule has 11 heteroatoms. The number of carbonyl (C=O) groups excluding carboxylic acids is 2. The highest BCUT2D eigenvalue weighted by Gasteiger charge is 2.35. The summed E-state index contributed by atoms with van der Waals surface area (Å²) in [5.74, 6) is -0.700. The maximum atomic E-state index is 13.1. The lowest BCUT2D eigenvalue weighted by molar-refractivity contribution is -0.137. The van der Waals surface area contributed by atoms with Crippen molar-refractivity contribution in [2.24, 2.45) is 0 Å². The third kappa shape index (κ3) is 4.82. The van der Waals surface area contributed by atoms with Crippen LogP contribution in [0.25, 0.3) is 0 Å². The van der Waals surface area contributed by atoms with Crippen LogP contribution in [0.3, 0.4) is 0 Å². The number of nitrogens with one attached hydrogen (secondary N) is 1. The summed E-state index contributed by atoms with van der Waals surface area (Å²) in [4.78, 5) is 25.7. The number of hydrogen-bond donors (Lipinski definition) is 1. The van der Waals surface area contributed by atoms with Crippen molar-refractivity contribution in [2.45, 2.75) is 48.5 Å². The molecule has 150 valence electrons. The van der Waals surface area contributed by atoms with Crippen LogP contribution in [0.4, 0.5) is 24.0 Å². The molecule has 1 aliphatic rings. The average Bonchev–Trinajstić information content (AvgIpc) is 3.33. The van der Waals surface area contributed by atoms with Crippen molar-refractivity contribution >= 4 is 45.7 Å². The number of rotatable bonds is 6. The van der Waals surface area contributed by atoms with Crippen molar-refractivity contribution in [2.75, 3.05) is 10.2 Å². The Hall–Kier alpha value is -2.14. The molecular weight excluding hydrogens is 413 g/mol. The Labute approximate surface area is 167 Å². The number of nitrogens with zero attached hydrogens (tertiary/aromatic N) is 3. The van der Waals surface area contributed by atoms with Crippen LogP contribution in [0.15, 0.2) is 28.6 Å². The first kappa shape index (κ1) is 20.6. The number of alkyl halides is 3. The lowest BCUT2D eigenvalue weighted by Gasteiger charge is -2.16. The largest absolute Gasteiger partial charge is 0.418 e. The molecule has 3 rings (SSSR count). The molecule has 1 saturated carbocycles. The Bertz CT molecular complexity index is 883. The molecule has 0 bridgehead atoms. The number of thioether (sulfide) groups is 1. The smallest absolute Gasteiger partial charge is 0.325 e. The molecule has 1 N–H and O–H groups in total. The van der Waals surface area contributed by atoms with Gasteiger partial charge in [-0.25, -0.2) is 0 Å². The minimum Gasteiger partial charge on any atom is -0.325 e. The Balaban J connectivity index is 1.66. The summed E-state index contributed by atoms with van der Waals surface area (Å²) < 4.78 is 39.6. The monoisotopic (exact) mass is 430 g/mol. The standard InChI is InChI=1S/C17H17F3N4O2S2/c1-9(14(26)21-13-6-4-3-5-12(13)17(18,19)20)27-16-23-22-15(28-16)24(10(2)25)11-7-8-11/h3-6,9,11H,7-8H2,1-2H3,(H,21,26). The van der Waals surface area contributed by atoms with Gasteiger partial charge in [0, 0.05) is 13.0 Å². The fourth-order valence-corrected chi connectivity index (χ4v) is 4.61. The summed E-state index contributed by atoms with van der Waals surface area (Å²) in [5.41, 5.74) is -1.19. The average molecular weight is 430 g/mol. The van der Waals surface area contributed by atoms with E-state index in [0.717, 1.165) is 30.7 Å². The van der Waals surface area contributed by atoms with E-state index in [0.29, 0.717) is 9.47 Å². The highest BCUT2D eigenvalue weighted by Crippen LogP contribution is 2.38. The van der Waals surface area contributed by atoms with Gasteiger partial charge in [-0.3, -0.25) is 14.5 Å². The molecule has 0 saturated heterocycles. The van der Waals surface area contributed by atoms with E-state index in [1.54, 1.807) is 11.8 Å². The molecule has 1 aromatic carbocycles. The van der Waals surface area contributed by atoms with Gasteiger partial charge in [0.2, 0.25) is 16.9 Å². The first-order valence-corrected chi connectivity index (χ1v) is 10.1. The highest BCUT2D eigenvalue weighted by atomic mass is 32.2. The van der Waals surface area contributed by atoms with Crippen molar-refractivity contribution in [3.05, 3.63) is 29.8 Å². The van der Waals surface area contributed by atoms with Crippen molar-refractivity contribution in [3.63, 3.8) is 0 Å². The second-order valence-corrected chi connectivity index (χ2v) is 8.81. The second kappa shape index (κ2) is 8.08. The fourth-order valence-electron chi connectivity index (χ4n) is 2.51. The summed E-state index contributed by atoms with van der Waals surface area (Å²) in [6, 6.07) is 4.96. The number of hydrogen-bond acceptors (Lipinski definition) is 6. The van der Waals surface area contributed by atoms with E-state index < -0.39 is 22.9 Å². The third-order valence-electron chi connectivity index (χ3n) is 3.99. The molecule has 2 aromatic rings. The zero-order valence-corrected chi connectivity index (χ0v) is 16.6. The van der Waals surface area contributed by atoms with E-state index in [1.807, 2.05) is 0 Å². The molecular formula is C17H17F3N4O2S2. The van der Waals surface area contributed by atoms with E-state index in [4.69, 9.17) is 0 Å². The van der Waals surface area contributed by atoms with Crippen molar-refractivity contribution in [3.8, 4) is 0 Å². The van der Waals surface area contributed by atoms with Gasteiger partial charge in [-0.2, -0.15) is 13.2 Å². The number of amides is 2.